The predicted octanol–water partition coefficient (Wildman–Crippen LogP) is 3.46. The first-order valence-electron chi connectivity index (χ1n) is 6.46. The molecule has 1 aromatic carbocycles. The summed E-state index contributed by atoms with van der Waals surface area (Å²) in [6.45, 7) is 2.53. The molecule has 0 bridgehead atoms. The molecule has 0 saturated carbocycles. The number of hydrogen-bond acceptors (Lipinski definition) is 3. The highest BCUT2D eigenvalue weighted by molar-refractivity contribution is 5.78. The van der Waals surface area contributed by atoms with E-state index in [1.807, 2.05) is 43.5 Å². The van der Waals surface area contributed by atoms with Crippen LogP contribution in [0.2, 0.25) is 0 Å². The van der Waals surface area contributed by atoms with Crippen molar-refractivity contribution in [3.8, 4) is 11.5 Å². The highest BCUT2D eigenvalue weighted by Gasteiger charge is 2.05. The van der Waals surface area contributed by atoms with Crippen LogP contribution in [0.1, 0.15) is 11.1 Å². The summed E-state index contributed by atoms with van der Waals surface area (Å²) in [4.78, 5) is 7.37. The summed E-state index contributed by atoms with van der Waals surface area (Å²) in [5.74, 6) is 1.71. The molecule has 3 aromatic rings. The summed E-state index contributed by atoms with van der Waals surface area (Å²) in [6, 6.07) is 9.80. The standard InChI is InChI=1S/C16H16N2O2/c1-11-9-13(19-2)3-4-15(11)20-10-12-5-7-17-16-14(12)6-8-18-16/h3-9H,10H2,1-2H3,(H,17,18). The molecule has 20 heavy (non-hydrogen) atoms. The number of H-pyrrole nitrogens is 1. The molecule has 0 amide bonds. The highest BCUT2D eigenvalue weighted by atomic mass is 16.5. The molecule has 0 atom stereocenters. The van der Waals surface area contributed by atoms with E-state index in [-0.39, 0.29) is 0 Å². The first kappa shape index (κ1) is 12.5. The van der Waals surface area contributed by atoms with Crippen LogP contribution in [0.5, 0.6) is 11.5 Å². The maximum atomic E-state index is 5.90. The molecule has 0 aliphatic rings. The number of benzene rings is 1. The Hall–Kier alpha value is -2.49. The first-order valence-corrected chi connectivity index (χ1v) is 6.46. The van der Waals surface area contributed by atoms with Crippen LogP contribution in [0.4, 0.5) is 0 Å². The van der Waals surface area contributed by atoms with E-state index < -0.39 is 0 Å². The average molecular weight is 268 g/mol. The van der Waals surface area contributed by atoms with Crippen molar-refractivity contribution in [2.75, 3.05) is 7.11 Å². The maximum absolute atomic E-state index is 5.90. The van der Waals surface area contributed by atoms with Gasteiger partial charge < -0.3 is 14.5 Å². The first-order chi connectivity index (χ1) is 9.78. The van der Waals surface area contributed by atoms with Crippen LogP contribution in [0.3, 0.4) is 0 Å². The summed E-state index contributed by atoms with van der Waals surface area (Å²) in [6.07, 6.45) is 3.68. The van der Waals surface area contributed by atoms with E-state index in [2.05, 4.69) is 9.97 Å². The smallest absolute Gasteiger partial charge is 0.137 e. The fourth-order valence-corrected chi connectivity index (χ4v) is 2.21. The Morgan fingerprint density at radius 3 is 2.90 bits per heavy atom. The van der Waals surface area contributed by atoms with Crippen LogP contribution < -0.4 is 9.47 Å². The molecule has 4 nitrogen and oxygen atoms in total. The molecule has 102 valence electrons. The zero-order valence-electron chi connectivity index (χ0n) is 11.5. The molecule has 1 N–H and O–H groups in total. The Bertz CT molecular complexity index is 734. The van der Waals surface area contributed by atoms with Crippen molar-refractivity contribution in [2.24, 2.45) is 0 Å². The van der Waals surface area contributed by atoms with Gasteiger partial charge in [0.15, 0.2) is 0 Å². The Balaban J connectivity index is 1.81. The van der Waals surface area contributed by atoms with Gasteiger partial charge >= 0.3 is 0 Å². The van der Waals surface area contributed by atoms with E-state index in [4.69, 9.17) is 9.47 Å². The summed E-state index contributed by atoms with van der Waals surface area (Å²) >= 11 is 0. The zero-order valence-corrected chi connectivity index (χ0v) is 11.5. The van der Waals surface area contributed by atoms with Gasteiger partial charge in [-0.2, -0.15) is 0 Å². The van der Waals surface area contributed by atoms with Crippen LogP contribution in [0.25, 0.3) is 11.0 Å². The number of ether oxygens (including phenoxy) is 2. The van der Waals surface area contributed by atoms with E-state index in [0.29, 0.717) is 6.61 Å². The van der Waals surface area contributed by atoms with Gasteiger partial charge in [0.1, 0.15) is 23.8 Å². The van der Waals surface area contributed by atoms with Gasteiger partial charge in [-0.3, -0.25) is 0 Å². The number of nitrogens with zero attached hydrogens (tertiary/aromatic N) is 1. The lowest BCUT2D eigenvalue weighted by Crippen LogP contribution is -1.98. The topological polar surface area (TPSA) is 47.1 Å². The van der Waals surface area contributed by atoms with Crippen molar-refractivity contribution in [2.45, 2.75) is 13.5 Å². The van der Waals surface area contributed by atoms with Crippen molar-refractivity contribution >= 4 is 11.0 Å². The molecular weight excluding hydrogens is 252 g/mol. The number of rotatable bonds is 4. The van der Waals surface area contributed by atoms with E-state index in [9.17, 15) is 0 Å². The monoisotopic (exact) mass is 268 g/mol. The molecule has 4 heteroatoms. The molecule has 0 spiro atoms. The third kappa shape index (κ3) is 2.32. The van der Waals surface area contributed by atoms with Crippen LogP contribution >= 0.6 is 0 Å². The van der Waals surface area contributed by atoms with Crippen LogP contribution in [0, 0.1) is 6.92 Å². The Morgan fingerprint density at radius 1 is 1.20 bits per heavy atom. The molecule has 2 aromatic heterocycles. The van der Waals surface area contributed by atoms with Gasteiger partial charge in [-0.15, -0.1) is 0 Å². The minimum absolute atomic E-state index is 0.518. The second-order valence-electron chi connectivity index (χ2n) is 4.63. The Labute approximate surface area is 117 Å². The molecule has 0 unspecified atom stereocenters. The number of hydrogen-bond donors (Lipinski definition) is 1. The van der Waals surface area contributed by atoms with Crippen molar-refractivity contribution in [3.63, 3.8) is 0 Å². The van der Waals surface area contributed by atoms with E-state index in [1.165, 1.54) is 0 Å². The molecule has 0 saturated heterocycles. The lowest BCUT2D eigenvalue weighted by atomic mass is 10.2. The molecule has 0 aliphatic heterocycles. The van der Waals surface area contributed by atoms with E-state index in [0.717, 1.165) is 33.7 Å². The molecule has 0 radical (unpaired) electrons. The van der Waals surface area contributed by atoms with Crippen molar-refractivity contribution in [1.29, 1.82) is 0 Å². The summed E-state index contributed by atoms with van der Waals surface area (Å²) in [5, 5.41) is 1.10. The largest absolute Gasteiger partial charge is 0.497 e. The number of aromatic nitrogens is 2. The van der Waals surface area contributed by atoms with Gasteiger partial charge in [-0.05, 0) is 42.8 Å². The predicted molar refractivity (Wildman–Crippen MR) is 78.2 cm³/mol. The summed E-state index contributed by atoms with van der Waals surface area (Å²) < 4.78 is 11.1. The molecule has 2 heterocycles. The van der Waals surface area contributed by atoms with Gasteiger partial charge in [0, 0.05) is 23.3 Å². The van der Waals surface area contributed by atoms with Crippen molar-refractivity contribution in [3.05, 3.63) is 53.9 Å². The fourth-order valence-electron chi connectivity index (χ4n) is 2.21. The SMILES string of the molecule is COc1ccc(OCc2ccnc3[nH]ccc23)c(C)c1. The average Bonchev–Trinajstić information content (AvgIpc) is 2.95. The van der Waals surface area contributed by atoms with E-state index >= 15 is 0 Å². The zero-order chi connectivity index (χ0) is 13.9. The quantitative estimate of drug-likeness (QED) is 0.788. The second-order valence-corrected chi connectivity index (χ2v) is 4.63. The number of aryl methyl sites for hydroxylation is 1. The number of nitrogens with one attached hydrogen (secondary N) is 1. The van der Waals surface area contributed by atoms with Gasteiger partial charge in [0.25, 0.3) is 0 Å². The number of pyridine rings is 1. The lowest BCUT2D eigenvalue weighted by molar-refractivity contribution is 0.304. The number of methoxy groups -OCH3 is 1. The normalized spacial score (nSPS) is 10.7. The van der Waals surface area contributed by atoms with Gasteiger partial charge in [-0.1, -0.05) is 0 Å². The van der Waals surface area contributed by atoms with Gasteiger partial charge in [0.2, 0.25) is 0 Å². The van der Waals surface area contributed by atoms with Gasteiger partial charge in [0.05, 0.1) is 7.11 Å². The highest BCUT2D eigenvalue weighted by Crippen LogP contribution is 2.25. The third-order valence-corrected chi connectivity index (χ3v) is 3.32. The fraction of sp³-hybridized carbons (Fsp3) is 0.188. The summed E-state index contributed by atoms with van der Waals surface area (Å²) in [5.41, 5.74) is 3.06. The lowest BCUT2D eigenvalue weighted by Gasteiger charge is -2.11. The van der Waals surface area contributed by atoms with Crippen LogP contribution in [-0.4, -0.2) is 17.1 Å². The molecule has 0 aliphatic carbocycles. The molecule has 0 fully saturated rings. The van der Waals surface area contributed by atoms with Crippen molar-refractivity contribution in [1.82, 2.24) is 9.97 Å². The maximum Gasteiger partial charge on any atom is 0.137 e. The summed E-state index contributed by atoms with van der Waals surface area (Å²) in [7, 11) is 1.66. The molecular formula is C16H16N2O2. The van der Waals surface area contributed by atoms with E-state index in [1.54, 1.807) is 13.3 Å². The second kappa shape index (κ2) is 5.25. The minimum Gasteiger partial charge on any atom is -0.497 e. The Kier molecular flexibility index (Phi) is 3.29. The van der Waals surface area contributed by atoms with Crippen LogP contribution in [-0.2, 0) is 6.61 Å². The van der Waals surface area contributed by atoms with Crippen LogP contribution in [0.15, 0.2) is 42.7 Å². The minimum atomic E-state index is 0.518. The number of aromatic amines is 1. The number of fused-ring (bicyclic) bond motifs is 1. The third-order valence-electron chi connectivity index (χ3n) is 3.32. The molecule has 3 rings (SSSR count). The Morgan fingerprint density at radius 2 is 2.10 bits per heavy atom. The van der Waals surface area contributed by atoms with Gasteiger partial charge in [-0.25, -0.2) is 4.98 Å². The van der Waals surface area contributed by atoms with Crippen molar-refractivity contribution < 1.29 is 9.47 Å².